The van der Waals surface area contributed by atoms with Crippen molar-refractivity contribution >= 4 is 48.5 Å². The van der Waals surface area contributed by atoms with Gasteiger partial charge in [-0.25, -0.2) is 4.98 Å². The van der Waals surface area contributed by atoms with Crippen molar-refractivity contribution in [3.63, 3.8) is 0 Å². The number of carbonyl (C=O) groups is 1. The molecule has 0 saturated carbocycles. The number of benzene rings is 2. The zero-order chi connectivity index (χ0) is 15.0. The topological polar surface area (TPSA) is 42.0 Å². The molecule has 0 aliphatic rings. The van der Waals surface area contributed by atoms with Gasteiger partial charge in [-0.15, -0.1) is 0 Å². The van der Waals surface area contributed by atoms with E-state index in [0.29, 0.717) is 10.7 Å². The number of nitrogens with zero attached hydrogens (tertiary/aromatic N) is 1. The molecule has 0 atom stereocenters. The second-order valence-corrected chi connectivity index (χ2v) is 6.74. The van der Waals surface area contributed by atoms with E-state index in [2.05, 4.69) is 52.2 Å². The highest BCUT2D eigenvalue weighted by Gasteiger charge is 2.12. The van der Waals surface area contributed by atoms with Crippen molar-refractivity contribution in [1.82, 2.24) is 4.98 Å². The molecule has 0 radical (unpaired) electrons. The molecule has 21 heavy (non-hydrogen) atoms. The maximum absolute atomic E-state index is 12.3. The number of rotatable bonds is 2. The van der Waals surface area contributed by atoms with Gasteiger partial charge in [-0.05, 0) is 65.2 Å². The van der Waals surface area contributed by atoms with Gasteiger partial charge < -0.3 is 0 Å². The van der Waals surface area contributed by atoms with Gasteiger partial charge in [0.1, 0.15) is 0 Å². The smallest absolute Gasteiger partial charge is 0.258 e. The van der Waals surface area contributed by atoms with Crippen LogP contribution in [0.4, 0.5) is 5.13 Å². The third-order valence-electron chi connectivity index (χ3n) is 3.34. The van der Waals surface area contributed by atoms with Gasteiger partial charge in [0.05, 0.1) is 15.8 Å². The monoisotopic (exact) mass is 360 g/mol. The average Bonchev–Trinajstić information content (AvgIpc) is 2.81. The number of aromatic nitrogens is 1. The molecule has 2 aromatic carbocycles. The molecule has 0 unspecified atom stereocenters. The standard InChI is InChI=1S/C16H13BrN2OS/c1-9-7-13-14(8-10(9)2)21-16(18-13)19-15(20)11-5-3-4-6-12(11)17/h3-8H,1-2H3,(H,18,19,20). The summed E-state index contributed by atoms with van der Waals surface area (Å²) in [7, 11) is 0. The van der Waals surface area contributed by atoms with E-state index in [9.17, 15) is 4.79 Å². The number of carbonyl (C=O) groups excluding carboxylic acids is 1. The Balaban J connectivity index is 1.92. The van der Waals surface area contributed by atoms with E-state index >= 15 is 0 Å². The molecule has 0 bridgehead atoms. The van der Waals surface area contributed by atoms with Crippen molar-refractivity contribution in [2.24, 2.45) is 0 Å². The summed E-state index contributed by atoms with van der Waals surface area (Å²) in [5.74, 6) is -0.157. The van der Waals surface area contributed by atoms with Crippen LogP contribution in [0.15, 0.2) is 40.9 Å². The Morgan fingerprint density at radius 3 is 2.67 bits per heavy atom. The fourth-order valence-electron chi connectivity index (χ4n) is 2.04. The van der Waals surface area contributed by atoms with Crippen LogP contribution in [0.25, 0.3) is 10.2 Å². The van der Waals surface area contributed by atoms with Crippen molar-refractivity contribution in [3.8, 4) is 0 Å². The molecular formula is C16H13BrN2OS. The van der Waals surface area contributed by atoms with Gasteiger partial charge in [-0.2, -0.15) is 0 Å². The second-order valence-electron chi connectivity index (χ2n) is 4.86. The fourth-order valence-corrected chi connectivity index (χ4v) is 3.45. The van der Waals surface area contributed by atoms with Crippen LogP contribution in [0.1, 0.15) is 21.5 Å². The summed E-state index contributed by atoms with van der Waals surface area (Å²) in [6.45, 7) is 4.14. The highest BCUT2D eigenvalue weighted by Crippen LogP contribution is 2.29. The van der Waals surface area contributed by atoms with Gasteiger partial charge in [0.25, 0.3) is 5.91 Å². The van der Waals surface area contributed by atoms with Crippen LogP contribution in [0.2, 0.25) is 0 Å². The quantitative estimate of drug-likeness (QED) is 0.703. The SMILES string of the molecule is Cc1cc2nc(NC(=O)c3ccccc3Br)sc2cc1C. The van der Waals surface area contributed by atoms with Gasteiger partial charge in [0.2, 0.25) is 0 Å². The lowest BCUT2D eigenvalue weighted by atomic mass is 10.1. The Morgan fingerprint density at radius 2 is 1.90 bits per heavy atom. The second kappa shape index (κ2) is 5.58. The molecule has 1 aromatic heterocycles. The van der Waals surface area contributed by atoms with E-state index < -0.39 is 0 Å². The summed E-state index contributed by atoms with van der Waals surface area (Å²) in [6.07, 6.45) is 0. The summed E-state index contributed by atoms with van der Waals surface area (Å²) < 4.78 is 1.86. The molecule has 1 N–H and O–H groups in total. The number of halogens is 1. The molecule has 3 rings (SSSR count). The number of amides is 1. The van der Waals surface area contributed by atoms with E-state index in [1.54, 1.807) is 6.07 Å². The first-order valence-electron chi connectivity index (χ1n) is 6.48. The lowest BCUT2D eigenvalue weighted by molar-refractivity contribution is 0.102. The number of hydrogen-bond acceptors (Lipinski definition) is 3. The number of hydrogen-bond donors (Lipinski definition) is 1. The molecule has 5 heteroatoms. The van der Waals surface area contributed by atoms with Crippen molar-refractivity contribution in [2.45, 2.75) is 13.8 Å². The summed E-state index contributed by atoms with van der Waals surface area (Å²) in [4.78, 5) is 16.8. The van der Waals surface area contributed by atoms with Crippen LogP contribution in [0.5, 0.6) is 0 Å². The number of nitrogens with one attached hydrogen (secondary N) is 1. The molecule has 3 aromatic rings. The molecular weight excluding hydrogens is 348 g/mol. The number of fused-ring (bicyclic) bond motifs is 1. The minimum absolute atomic E-state index is 0.157. The average molecular weight is 361 g/mol. The largest absolute Gasteiger partial charge is 0.298 e. The molecule has 1 amide bonds. The number of thiazole rings is 1. The molecule has 0 saturated heterocycles. The summed E-state index contributed by atoms with van der Waals surface area (Å²) in [5, 5.41) is 3.49. The molecule has 3 nitrogen and oxygen atoms in total. The van der Waals surface area contributed by atoms with Crippen LogP contribution in [-0.4, -0.2) is 10.9 Å². The van der Waals surface area contributed by atoms with Crippen LogP contribution in [0.3, 0.4) is 0 Å². The lowest BCUT2D eigenvalue weighted by Crippen LogP contribution is -2.12. The number of aryl methyl sites for hydroxylation is 2. The first-order valence-corrected chi connectivity index (χ1v) is 8.09. The van der Waals surface area contributed by atoms with Crippen molar-refractivity contribution in [3.05, 3.63) is 57.6 Å². The molecule has 1 heterocycles. The van der Waals surface area contributed by atoms with E-state index in [-0.39, 0.29) is 5.91 Å². The van der Waals surface area contributed by atoms with Crippen LogP contribution in [0, 0.1) is 13.8 Å². The highest BCUT2D eigenvalue weighted by atomic mass is 79.9. The first-order chi connectivity index (χ1) is 10.0. The van der Waals surface area contributed by atoms with Gasteiger partial charge in [-0.3, -0.25) is 10.1 Å². The van der Waals surface area contributed by atoms with Gasteiger partial charge >= 0.3 is 0 Å². The minimum Gasteiger partial charge on any atom is -0.298 e. The predicted molar refractivity (Wildman–Crippen MR) is 91.2 cm³/mol. The normalized spacial score (nSPS) is 10.8. The molecule has 0 fully saturated rings. The Bertz CT molecular complexity index is 802. The maximum Gasteiger partial charge on any atom is 0.258 e. The van der Waals surface area contributed by atoms with E-state index in [1.165, 1.54) is 22.5 Å². The van der Waals surface area contributed by atoms with Crippen molar-refractivity contribution < 1.29 is 4.79 Å². The van der Waals surface area contributed by atoms with Gasteiger partial charge in [0, 0.05) is 4.47 Å². The van der Waals surface area contributed by atoms with Crippen molar-refractivity contribution in [2.75, 3.05) is 5.32 Å². The Hall–Kier alpha value is -1.72. The molecule has 0 spiro atoms. The zero-order valence-electron chi connectivity index (χ0n) is 11.6. The van der Waals surface area contributed by atoms with Gasteiger partial charge in [0.15, 0.2) is 5.13 Å². The number of anilines is 1. The predicted octanol–water partition coefficient (Wildman–Crippen LogP) is 4.93. The minimum atomic E-state index is -0.157. The Kier molecular flexibility index (Phi) is 3.78. The summed E-state index contributed by atoms with van der Waals surface area (Å²) in [5.41, 5.74) is 3.96. The van der Waals surface area contributed by atoms with E-state index in [1.807, 2.05) is 18.2 Å². The zero-order valence-corrected chi connectivity index (χ0v) is 14.0. The lowest BCUT2D eigenvalue weighted by Gasteiger charge is -2.03. The van der Waals surface area contributed by atoms with E-state index in [4.69, 9.17) is 0 Å². The summed E-state index contributed by atoms with van der Waals surface area (Å²) in [6, 6.07) is 11.5. The van der Waals surface area contributed by atoms with Crippen LogP contribution < -0.4 is 5.32 Å². The molecule has 106 valence electrons. The Morgan fingerprint density at radius 1 is 1.19 bits per heavy atom. The van der Waals surface area contributed by atoms with E-state index in [0.717, 1.165) is 14.7 Å². The molecule has 0 aliphatic heterocycles. The first kappa shape index (κ1) is 14.2. The maximum atomic E-state index is 12.3. The molecule has 0 aliphatic carbocycles. The summed E-state index contributed by atoms with van der Waals surface area (Å²) >= 11 is 4.88. The van der Waals surface area contributed by atoms with Crippen LogP contribution >= 0.6 is 27.3 Å². The fraction of sp³-hybridized carbons (Fsp3) is 0.125. The third kappa shape index (κ3) is 2.84. The van der Waals surface area contributed by atoms with Gasteiger partial charge in [-0.1, -0.05) is 23.5 Å². The third-order valence-corrected chi connectivity index (χ3v) is 4.97. The highest BCUT2D eigenvalue weighted by molar-refractivity contribution is 9.10. The van der Waals surface area contributed by atoms with Crippen molar-refractivity contribution in [1.29, 1.82) is 0 Å². The Labute approximate surface area is 135 Å². The van der Waals surface area contributed by atoms with Crippen LogP contribution in [-0.2, 0) is 0 Å².